The maximum Gasteiger partial charge on any atom is 0.0271 e. The van der Waals surface area contributed by atoms with Gasteiger partial charge < -0.3 is 22.3 Å². The number of nitrogens with one attached hydrogen (secondary N) is 2. The van der Waals surface area contributed by atoms with Crippen molar-refractivity contribution in [3.8, 4) is 11.1 Å². The lowest BCUT2D eigenvalue weighted by atomic mass is 9.85. The maximum atomic E-state index is 7.94. The smallest absolute Gasteiger partial charge is 0.0271 e. The lowest BCUT2D eigenvalue weighted by molar-refractivity contribution is 1.54. The van der Waals surface area contributed by atoms with Crippen LogP contribution >= 0.6 is 0 Å². The summed E-state index contributed by atoms with van der Waals surface area (Å²) in [5, 5.41) is 19.7. The molecule has 4 heteroatoms. The third kappa shape index (κ3) is 3.05. The highest BCUT2D eigenvalue weighted by molar-refractivity contribution is 6.27. The van der Waals surface area contributed by atoms with E-state index in [4.69, 9.17) is 22.3 Å². The first-order chi connectivity index (χ1) is 14.7. The van der Waals surface area contributed by atoms with Crippen LogP contribution in [0.4, 0.5) is 0 Å². The number of rotatable bonds is 5. The van der Waals surface area contributed by atoms with Gasteiger partial charge in [0.15, 0.2) is 0 Å². The summed E-state index contributed by atoms with van der Waals surface area (Å²) in [5.41, 5.74) is 17.1. The van der Waals surface area contributed by atoms with Crippen molar-refractivity contribution in [2.45, 2.75) is 0 Å². The van der Waals surface area contributed by atoms with Gasteiger partial charge in [0.05, 0.1) is 0 Å². The van der Waals surface area contributed by atoms with E-state index in [1.54, 1.807) is 0 Å². The zero-order valence-electron chi connectivity index (χ0n) is 16.4. The second-order valence-electron chi connectivity index (χ2n) is 6.95. The van der Waals surface area contributed by atoms with Gasteiger partial charge in [0.1, 0.15) is 0 Å². The quantitative estimate of drug-likeness (QED) is 0.265. The minimum absolute atomic E-state index is 0.640. The van der Waals surface area contributed by atoms with Crippen molar-refractivity contribution < 1.29 is 0 Å². The van der Waals surface area contributed by atoms with Crippen molar-refractivity contribution >= 4 is 45.1 Å². The summed E-state index contributed by atoms with van der Waals surface area (Å²) in [5.74, 6) is 0. The van der Waals surface area contributed by atoms with Crippen LogP contribution in [0.1, 0.15) is 11.1 Å². The summed E-state index contributed by atoms with van der Waals surface area (Å²) in [6, 6.07) is 24.4. The van der Waals surface area contributed by atoms with Crippen LogP contribution in [-0.4, -0.2) is 12.4 Å². The molecule has 0 aliphatic rings. The largest absolute Gasteiger partial charge is 0.404 e. The summed E-state index contributed by atoms with van der Waals surface area (Å²) >= 11 is 0. The van der Waals surface area contributed by atoms with Crippen molar-refractivity contribution in [2.24, 2.45) is 11.5 Å². The van der Waals surface area contributed by atoms with Gasteiger partial charge in [0.2, 0.25) is 0 Å². The van der Waals surface area contributed by atoms with E-state index in [2.05, 4.69) is 30.3 Å². The average Bonchev–Trinajstić information content (AvgIpc) is 2.81. The van der Waals surface area contributed by atoms with E-state index in [0.717, 1.165) is 43.8 Å². The Hall–Kier alpha value is -4.18. The Morgan fingerprint density at radius 3 is 1.60 bits per heavy atom. The molecule has 0 bridgehead atoms. The van der Waals surface area contributed by atoms with Gasteiger partial charge in [-0.3, -0.25) is 0 Å². The van der Waals surface area contributed by atoms with Crippen molar-refractivity contribution in [1.82, 2.24) is 0 Å². The number of benzene rings is 4. The third-order valence-corrected chi connectivity index (χ3v) is 5.38. The zero-order valence-corrected chi connectivity index (χ0v) is 16.4. The Bertz CT molecular complexity index is 1330. The fraction of sp³-hybridized carbons (Fsp3) is 0. The molecule has 6 N–H and O–H groups in total. The van der Waals surface area contributed by atoms with Gasteiger partial charge in [-0.05, 0) is 38.7 Å². The second-order valence-corrected chi connectivity index (χ2v) is 6.95. The van der Waals surface area contributed by atoms with Crippen LogP contribution in [0, 0.1) is 10.8 Å². The van der Waals surface area contributed by atoms with Gasteiger partial charge >= 0.3 is 0 Å². The molecule has 0 aliphatic heterocycles. The summed E-state index contributed by atoms with van der Waals surface area (Å²) in [6.45, 7) is 0. The normalized spacial score (nSPS) is 12.3. The summed E-state index contributed by atoms with van der Waals surface area (Å²) in [6.07, 6.45) is 5.50. The molecule has 4 aromatic carbocycles. The lowest BCUT2D eigenvalue weighted by Gasteiger charge is -2.18. The molecule has 0 heterocycles. The second kappa shape index (κ2) is 8.05. The van der Waals surface area contributed by atoms with E-state index < -0.39 is 0 Å². The Morgan fingerprint density at radius 1 is 0.567 bits per heavy atom. The Labute approximate surface area is 175 Å². The predicted octanol–water partition coefficient (Wildman–Crippen LogP) is 5.56. The third-order valence-electron chi connectivity index (χ3n) is 5.38. The molecule has 0 radical (unpaired) electrons. The number of nitrogens with two attached hydrogens (primary N) is 2. The van der Waals surface area contributed by atoms with Crippen LogP contribution in [-0.2, 0) is 0 Å². The van der Waals surface area contributed by atoms with Gasteiger partial charge in [0, 0.05) is 47.1 Å². The molecular formula is C26H22N4. The first-order valence-corrected chi connectivity index (χ1v) is 9.62. The maximum absolute atomic E-state index is 7.94. The predicted molar refractivity (Wildman–Crippen MR) is 129 cm³/mol. The average molecular weight is 390 g/mol. The van der Waals surface area contributed by atoms with Crippen LogP contribution < -0.4 is 11.5 Å². The van der Waals surface area contributed by atoms with Crippen molar-refractivity contribution in [3.05, 3.63) is 96.3 Å². The van der Waals surface area contributed by atoms with E-state index in [-0.39, 0.29) is 0 Å². The molecular weight excluding hydrogens is 368 g/mol. The number of fused-ring (bicyclic) bond motifs is 2. The van der Waals surface area contributed by atoms with Crippen molar-refractivity contribution in [1.29, 1.82) is 10.8 Å². The van der Waals surface area contributed by atoms with Gasteiger partial charge in [0.25, 0.3) is 0 Å². The monoisotopic (exact) mass is 390 g/mol. The van der Waals surface area contributed by atoms with Gasteiger partial charge in [-0.15, -0.1) is 0 Å². The first kappa shape index (κ1) is 19.2. The SMILES string of the molecule is N=CC(=CN)c1c2ccccc2c(C(C=N)=CN)c2cc(-c3ccccc3)ccc12. The molecule has 146 valence electrons. The standard InChI is InChI=1S/C26H22N4/c27-13-19(14-28)25-21-8-4-5-9-22(21)26(20(15-29)16-30)24-12-18(10-11-23(24)25)17-6-2-1-3-7-17/h1-16,27,29H,28,30H2. The molecule has 0 spiro atoms. The highest BCUT2D eigenvalue weighted by Gasteiger charge is 2.18. The zero-order chi connectivity index (χ0) is 21.1. The first-order valence-electron chi connectivity index (χ1n) is 9.62. The van der Waals surface area contributed by atoms with Crippen molar-refractivity contribution in [2.75, 3.05) is 0 Å². The molecule has 0 aliphatic carbocycles. The molecule has 4 rings (SSSR count). The molecule has 0 aromatic heterocycles. The summed E-state index contributed by atoms with van der Waals surface area (Å²) < 4.78 is 0. The molecule has 0 unspecified atom stereocenters. The van der Waals surface area contributed by atoms with Crippen LogP contribution in [0.2, 0.25) is 0 Å². The molecule has 0 atom stereocenters. The highest BCUT2D eigenvalue weighted by Crippen LogP contribution is 2.40. The molecule has 30 heavy (non-hydrogen) atoms. The summed E-state index contributed by atoms with van der Waals surface area (Å²) in [7, 11) is 0. The van der Waals surface area contributed by atoms with Crippen LogP contribution in [0.15, 0.2) is 85.2 Å². The molecule has 4 aromatic rings. The minimum atomic E-state index is 0.640. The topological polar surface area (TPSA) is 99.7 Å². The summed E-state index contributed by atoms with van der Waals surface area (Å²) in [4.78, 5) is 0. The van der Waals surface area contributed by atoms with E-state index in [9.17, 15) is 0 Å². The number of hydrogen-bond donors (Lipinski definition) is 4. The molecule has 0 saturated carbocycles. The van der Waals surface area contributed by atoms with Crippen LogP contribution in [0.3, 0.4) is 0 Å². The fourth-order valence-corrected chi connectivity index (χ4v) is 4.02. The molecule has 0 amide bonds. The molecule has 0 saturated heterocycles. The van der Waals surface area contributed by atoms with Gasteiger partial charge in [-0.2, -0.15) is 0 Å². The van der Waals surface area contributed by atoms with E-state index >= 15 is 0 Å². The lowest BCUT2D eigenvalue weighted by Crippen LogP contribution is -2.00. The van der Waals surface area contributed by atoms with Crippen LogP contribution in [0.5, 0.6) is 0 Å². The van der Waals surface area contributed by atoms with Gasteiger partial charge in [-0.1, -0.05) is 66.7 Å². The Balaban J connectivity index is 2.24. The Kier molecular flexibility index (Phi) is 5.14. The number of hydrogen-bond acceptors (Lipinski definition) is 4. The Morgan fingerprint density at radius 2 is 1.07 bits per heavy atom. The van der Waals surface area contributed by atoms with Crippen molar-refractivity contribution in [3.63, 3.8) is 0 Å². The van der Waals surface area contributed by atoms with E-state index in [0.29, 0.717) is 11.1 Å². The van der Waals surface area contributed by atoms with Gasteiger partial charge in [-0.25, -0.2) is 0 Å². The molecule has 4 nitrogen and oxygen atoms in total. The number of allylic oxidation sites excluding steroid dienone is 2. The van der Waals surface area contributed by atoms with E-state index in [1.165, 1.54) is 24.8 Å². The highest BCUT2D eigenvalue weighted by atomic mass is 14.5. The van der Waals surface area contributed by atoms with Crippen LogP contribution in [0.25, 0.3) is 43.8 Å². The minimum Gasteiger partial charge on any atom is -0.404 e. The fourth-order valence-electron chi connectivity index (χ4n) is 4.02. The molecule has 0 fully saturated rings. The van der Waals surface area contributed by atoms with E-state index in [1.807, 2.05) is 42.5 Å².